The molecule has 0 bridgehead atoms. The lowest BCUT2D eigenvalue weighted by Crippen LogP contribution is -2.21. The lowest BCUT2D eigenvalue weighted by Gasteiger charge is -2.17. The van der Waals surface area contributed by atoms with Crippen LogP contribution in [0.15, 0.2) is 42.5 Å². The second kappa shape index (κ2) is 11.2. The molecule has 2 aromatic carbocycles. The zero-order valence-corrected chi connectivity index (χ0v) is 18.4. The number of nitrogens with one attached hydrogen (secondary N) is 1. The van der Waals surface area contributed by atoms with Crippen LogP contribution in [-0.2, 0) is 6.54 Å². The van der Waals surface area contributed by atoms with Crippen molar-refractivity contribution in [2.45, 2.75) is 71.3 Å². The van der Waals surface area contributed by atoms with Gasteiger partial charge in [-0.15, -0.1) is 0 Å². The van der Waals surface area contributed by atoms with E-state index in [-0.39, 0.29) is 6.10 Å². The Morgan fingerprint density at radius 3 is 2.57 bits per heavy atom. The van der Waals surface area contributed by atoms with Gasteiger partial charge in [0, 0.05) is 13.1 Å². The van der Waals surface area contributed by atoms with Gasteiger partial charge in [0.15, 0.2) is 11.5 Å². The minimum Gasteiger partial charge on any atom is -0.490 e. The summed E-state index contributed by atoms with van der Waals surface area (Å²) in [5, 5.41) is 13.3. The molecule has 1 aliphatic carbocycles. The van der Waals surface area contributed by atoms with E-state index < -0.39 is 6.10 Å². The topological polar surface area (TPSA) is 60.0 Å². The third-order valence-corrected chi connectivity index (χ3v) is 5.18. The third kappa shape index (κ3) is 6.92. The summed E-state index contributed by atoms with van der Waals surface area (Å²) >= 11 is 0. The van der Waals surface area contributed by atoms with Crippen molar-refractivity contribution >= 4 is 0 Å². The first-order valence-corrected chi connectivity index (χ1v) is 11.1. The van der Waals surface area contributed by atoms with E-state index in [9.17, 15) is 5.11 Å². The largest absolute Gasteiger partial charge is 0.490 e. The van der Waals surface area contributed by atoms with Gasteiger partial charge >= 0.3 is 0 Å². The van der Waals surface area contributed by atoms with Gasteiger partial charge < -0.3 is 24.6 Å². The molecule has 0 aromatic heterocycles. The van der Waals surface area contributed by atoms with Gasteiger partial charge in [0.1, 0.15) is 12.4 Å². The SMILES string of the molecule is CC(C)Oc1ccc(C(C)O)cc1OCCNCc1cccc(OC2CCCC2)c1. The number of benzene rings is 2. The molecule has 0 spiro atoms. The highest BCUT2D eigenvalue weighted by molar-refractivity contribution is 5.43. The highest BCUT2D eigenvalue weighted by Gasteiger charge is 2.16. The molecular formula is C25H35NO4. The van der Waals surface area contributed by atoms with Gasteiger partial charge in [-0.05, 0) is 81.8 Å². The van der Waals surface area contributed by atoms with Crippen LogP contribution in [-0.4, -0.2) is 30.5 Å². The van der Waals surface area contributed by atoms with Gasteiger partial charge in [0.25, 0.3) is 0 Å². The lowest BCUT2D eigenvalue weighted by molar-refractivity contribution is 0.196. The summed E-state index contributed by atoms with van der Waals surface area (Å²) in [5.41, 5.74) is 2.01. The Morgan fingerprint density at radius 1 is 1.03 bits per heavy atom. The predicted octanol–water partition coefficient (Wildman–Crippen LogP) is 5.02. The minimum atomic E-state index is -0.544. The summed E-state index contributed by atoms with van der Waals surface area (Å²) in [7, 11) is 0. The Bertz CT molecular complexity index is 784. The monoisotopic (exact) mass is 413 g/mol. The molecule has 5 nitrogen and oxygen atoms in total. The van der Waals surface area contributed by atoms with E-state index in [1.54, 1.807) is 6.92 Å². The molecule has 1 atom stereocenters. The van der Waals surface area contributed by atoms with Crippen molar-refractivity contribution in [2.24, 2.45) is 0 Å². The van der Waals surface area contributed by atoms with E-state index in [2.05, 4.69) is 23.5 Å². The number of aliphatic hydroxyl groups is 1. The fraction of sp³-hybridized carbons (Fsp3) is 0.520. The summed E-state index contributed by atoms with van der Waals surface area (Å²) in [6.07, 6.45) is 4.77. The summed E-state index contributed by atoms with van der Waals surface area (Å²) in [5.74, 6) is 2.32. The average molecular weight is 414 g/mol. The molecule has 3 rings (SSSR count). The molecule has 164 valence electrons. The van der Waals surface area contributed by atoms with E-state index in [0.717, 1.165) is 17.9 Å². The molecule has 0 aliphatic heterocycles. The fourth-order valence-electron chi connectivity index (χ4n) is 3.64. The van der Waals surface area contributed by atoms with Crippen LogP contribution in [0.2, 0.25) is 0 Å². The van der Waals surface area contributed by atoms with Crippen molar-refractivity contribution < 1.29 is 19.3 Å². The summed E-state index contributed by atoms with van der Waals surface area (Å²) in [6.45, 7) is 7.68. The smallest absolute Gasteiger partial charge is 0.161 e. The molecule has 0 amide bonds. The summed E-state index contributed by atoms with van der Waals surface area (Å²) in [6, 6.07) is 13.9. The number of aliphatic hydroxyl groups excluding tert-OH is 1. The second-order valence-corrected chi connectivity index (χ2v) is 8.25. The number of ether oxygens (including phenoxy) is 3. The lowest BCUT2D eigenvalue weighted by atomic mass is 10.1. The molecule has 1 saturated carbocycles. The van der Waals surface area contributed by atoms with Crippen molar-refractivity contribution in [3.63, 3.8) is 0 Å². The molecule has 0 heterocycles. The maximum atomic E-state index is 9.85. The zero-order valence-electron chi connectivity index (χ0n) is 18.4. The molecule has 30 heavy (non-hydrogen) atoms. The molecule has 0 radical (unpaired) electrons. The van der Waals surface area contributed by atoms with E-state index in [4.69, 9.17) is 14.2 Å². The highest BCUT2D eigenvalue weighted by atomic mass is 16.5. The van der Waals surface area contributed by atoms with Crippen molar-refractivity contribution in [3.05, 3.63) is 53.6 Å². The van der Waals surface area contributed by atoms with E-state index >= 15 is 0 Å². The van der Waals surface area contributed by atoms with Crippen molar-refractivity contribution in [1.29, 1.82) is 0 Å². The third-order valence-electron chi connectivity index (χ3n) is 5.18. The maximum Gasteiger partial charge on any atom is 0.161 e. The first-order chi connectivity index (χ1) is 14.5. The molecule has 2 aromatic rings. The van der Waals surface area contributed by atoms with Crippen molar-refractivity contribution in [3.8, 4) is 17.2 Å². The molecule has 0 saturated heterocycles. The summed E-state index contributed by atoms with van der Waals surface area (Å²) < 4.78 is 17.9. The molecule has 1 unspecified atom stereocenters. The molecular weight excluding hydrogens is 378 g/mol. The van der Waals surface area contributed by atoms with Gasteiger partial charge in [-0.1, -0.05) is 18.2 Å². The Balaban J connectivity index is 1.47. The van der Waals surface area contributed by atoms with Crippen LogP contribution in [0.5, 0.6) is 17.2 Å². The van der Waals surface area contributed by atoms with Crippen LogP contribution in [0.3, 0.4) is 0 Å². The van der Waals surface area contributed by atoms with Crippen LogP contribution in [0.4, 0.5) is 0 Å². The average Bonchev–Trinajstić information content (AvgIpc) is 3.21. The van der Waals surface area contributed by atoms with Crippen LogP contribution >= 0.6 is 0 Å². The first kappa shape index (κ1) is 22.4. The minimum absolute atomic E-state index is 0.0570. The first-order valence-electron chi connectivity index (χ1n) is 11.1. The molecule has 1 aliphatic rings. The number of hydrogen-bond donors (Lipinski definition) is 2. The Hall–Kier alpha value is -2.24. The van der Waals surface area contributed by atoms with Gasteiger partial charge in [0.05, 0.1) is 18.3 Å². The molecule has 1 fully saturated rings. The predicted molar refractivity (Wildman–Crippen MR) is 119 cm³/mol. The fourth-order valence-corrected chi connectivity index (χ4v) is 3.64. The number of hydrogen-bond acceptors (Lipinski definition) is 5. The van der Waals surface area contributed by atoms with Crippen molar-refractivity contribution in [2.75, 3.05) is 13.2 Å². The maximum absolute atomic E-state index is 9.85. The van der Waals surface area contributed by atoms with Gasteiger partial charge in [-0.3, -0.25) is 0 Å². The van der Waals surface area contributed by atoms with E-state index in [0.29, 0.717) is 30.8 Å². The number of rotatable bonds is 11. The molecule has 2 N–H and O–H groups in total. The second-order valence-electron chi connectivity index (χ2n) is 8.25. The zero-order chi connectivity index (χ0) is 21.3. The van der Waals surface area contributed by atoms with Gasteiger partial charge in [0.2, 0.25) is 0 Å². The van der Waals surface area contributed by atoms with Crippen LogP contribution in [0, 0.1) is 0 Å². The van der Waals surface area contributed by atoms with Gasteiger partial charge in [-0.25, -0.2) is 0 Å². The van der Waals surface area contributed by atoms with Crippen LogP contribution in [0.25, 0.3) is 0 Å². The van der Waals surface area contributed by atoms with E-state index in [1.807, 2.05) is 38.1 Å². The standard InChI is InChI=1S/C25H35NO4/c1-18(2)29-24-12-11-21(19(3)27)16-25(24)28-14-13-26-17-20-7-6-10-23(15-20)30-22-8-4-5-9-22/h6-7,10-12,15-16,18-19,22,26-27H,4-5,8-9,13-14,17H2,1-3H3. The Labute approximate surface area is 180 Å². The highest BCUT2D eigenvalue weighted by Crippen LogP contribution is 2.31. The molecule has 5 heteroatoms. The Kier molecular flexibility index (Phi) is 8.40. The van der Waals surface area contributed by atoms with Crippen molar-refractivity contribution in [1.82, 2.24) is 5.32 Å². The van der Waals surface area contributed by atoms with Crippen LogP contribution in [0.1, 0.15) is 63.7 Å². The quantitative estimate of drug-likeness (QED) is 0.507. The normalized spacial score (nSPS) is 15.4. The summed E-state index contributed by atoms with van der Waals surface area (Å²) in [4.78, 5) is 0. The van der Waals surface area contributed by atoms with Gasteiger partial charge in [-0.2, -0.15) is 0 Å². The van der Waals surface area contributed by atoms with Crippen LogP contribution < -0.4 is 19.5 Å². The Morgan fingerprint density at radius 2 is 1.83 bits per heavy atom. The van der Waals surface area contributed by atoms with E-state index in [1.165, 1.54) is 31.2 Å².